The SMILES string of the molecule is CCCCCCCc1ccc(C(=O)NNC(=O)C2CCC(CCCC)CC2)cc1. The molecule has 1 saturated carbocycles. The van der Waals surface area contributed by atoms with Gasteiger partial charge in [-0.2, -0.15) is 0 Å². The van der Waals surface area contributed by atoms with Gasteiger partial charge in [-0.15, -0.1) is 0 Å². The van der Waals surface area contributed by atoms with Gasteiger partial charge in [0.05, 0.1) is 0 Å². The molecule has 0 bridgehead atoms. The van der Waals surface area contributed by atoms with Gasteiger partial charge in [0, 0.05) is 11.5 Å². The van der Waals surface area contributed by atoms with Crippen molar-refractivity contribution in [2.45, 2.75) is 97.3 Å². The fourth-order valence-corrected chi connectivity index (χ4v) is 4.25. The van der Waals surface area contributed by atoms with Gasteiger partial charge >= 0.3 is 0 Å². The Hall–Kier alpha value is -1.84. The summed E-state index contributed by atoms with van der Waals surface area (Å²) >= 11 is 0. The van der Waals surface area contributed by atoms with E-state index in [0.717, 1.165) is 38.0 Å². The Bertz CT molecular complexity index is 604. The van der Waals surface area contributed by atoms with Crippen molar-refractivity contribution in [3.05, 3.63) is 35.4 Å². The molecule has 0 unspecified atom stereocenters. The Labute approximate surface area is 177 Å². The molecule has 162 valence electrons. The van der Waals surface area contributed by atoms with Gasteiger partial charge in [0.1, 0.15) is 0 Å². The third-order valence-electron chi connectivity index (χ3n) is 6.27. The maximum atomic E-state index is 12.4. The molecule has 2 rings (SSSR count). The van der Waals surface area contributed by atoms with Crippen molar-refractivity contribution < 1.29 is 9.59 Å². The van der Waals surface area contributed by atoms with Crippen molar-refractivity contribution in [3.8, 4) is 0 Å². The monoisotopic (exact) mass is 400 g/mol. The standard InChI is InChI=1S/C25H40N2O2/c1-3-5-7-8-9-11-21-14-18-23(19-15-21)25(29)27-26-24(28)22-16-12-20(13-17-22)10-6-4-2/h14-15,18-20,22H,3-13,16-17H2,1-2H3,(H,26,28)(H,27,29). The molecule has 2 N–H and O–H groups in total. The highest BCUT2D eigenvalue weighted by Gasteiger charge is 2.26. The van der Waals surface area contributed by atoms with Crippen LogP contribution in [0.25, 0.3) is 0 Å². The molecular formula is C25H40N2O2. The predicted molar refractivity (Wildman–Crippen MR) is 119 cm³/mol. The van der Waals surface area contributed by atoms with Gasteiger partial charge in [0.25, 0.3) is 5.91 Å². The molecule has 2 amide bonds. The number of rotatable bonds is 11. The quantitative estimate of drug-likeness (QED) is 0.356. The van der Waals surface area contributed by atoms with Crippen molar-refractivity contribution in [1.29, 1.82) is 0 Å². The van der Waals surface area contributed by atoms with Gasteiger partial charge in [0.2, 0.25) is 5.91 Å². The van der Waals surface area contributed by atoms with Gasteiger partial charge in [-0.1, -0.05) is 70.9 Å². The molecule has 0 heterocycles. The molecular weight excluding hydrogens is 360 g/mol. The van der Waals surface area contributed by atoms with Crippen molar-refractivity contribution in [1.82, 2.24) is 10.9 Å². The number of benzene rings is 1. The van der Waals surface area contributed by atoms with E-state index in [9.17, 15) is 9.59 Å². The Kier molecular flexibility index (Phi) is 10.8. The first-order chi connectivity index (χ1) is 14.1. The lowest BCUT2D eigenvalue weighted by atomic mass is 9.79. The third kappa shape index (κ3) is 8.59. The summed E-state index contributed by atoms with van der Waals surface area (Å²) in [6.07, 6.45) is 15.3. The molecule has 4 nitrogen and oxygen atoms in total. The second-order valence-electron chi connectivity index (χ2n) is 8.66. The number of amides is 2. The van der Waals surface area contributed by atoms with Crippen LogP contribution in [0.15, 0.2) is 24.3 Å². The van der Waals surface area contributed by atoms with Gasteiger partial charge in [-0.05, 0) is 62.1 Å². The molecule has 1 aliphatic rings. The Morgan fingerprint density at radius 1 is 0.828 bits per heavy atom. The Morgan fingerprint density at radius 2 is 1.48 bits per heavy atom. The van der Waals surface area contributed by atoms with E-state index in [1.807, 2.05) is 24.3 Å². The molecule has 0 radical (unpaired) electrons. The number of carbonyl (C=O) groups is 2. The largest absolute Gasteiger partial charge is 0.273 e. The van der Waals surface area contributed by atoms with E-state index in [-0.39, 0.29) is 17.7 Å². The van der Waals surface area contributed by atoms with Gasteiger partial charge in [-0.25, -0.2) is 0 Å². The fourth-order valence-electron chi connectivity index (χ4n) is 4.25. The maximum absolute atomic E-state index is 12.4. The predicted octanol–water partition coefficient (Wildman–Crippen LogP) is 5.96. The first kappa shape index (κ1) is 23.4. The van der Waals surface area contributed by atoms with Crippen LogP contribution >= 0.6 is 0 Å². The molecule has 29 heavy (non-hydrogen) atoms. The summed E-state index contributed by atoms with van der Waals surface area (Å²) in [6.45, 7) is 4.45. The number of aryl methyl sites for hydroxylation is 1. The van der Waals surface area contributed by atoms with E-state index < -0.39 is 0 Å². The van der Waals surface area contributed by atoms with E-state index in [1.54, 1.807) is 0 Å². The minimum absolute atomic E-state index is 0.0308. The minimum atomic E-state index is -0.246. The molecule has 0 aliphatic heterocycles. The molecule has 4 heteroatoms. The van der Waals surface area contributed by atoms with Crippen LogP contribution in [0, 0.1) is 11.8 Å². The lowest BCUT2D eigenvalue weighted by Crippen LogP contribution is -2.45. The minimum Gasteiger partial charge on any atom is -0.273 e. The number of hydrazine groups is 1. The van der Waals surface area contributed by atoms with E-state index in [2.05, 4.69) is 24.7 Å². The molecule has 0 aromatic heterocycles. The van der Waals surface area contributed by atoms with Gasteiger partial charge in [-0.3, -0.25) is 20.4 Å². The number of unbranched alkanes of at least 4 members (excludes halogenated alkanes) is 5. The second-order valence-corrected chi connectivity index (χ2v) is 8.66. The van der Waals surface area contributed by atoms with Crippen LogP contribution < -0.4 is 10.9 Å². The smallest absolute Gasteiger partial charge is 0.269 e. The van der Waals surface area contributed by atoms with Crippen molar-refractivity contribution in [2.24, 2.45) is 11.8 Å². The third-order valence-corrected chi connectivity index (χ3v) is 6.27. The zero-order valence-corrected chi connectivity index (χ0v) is 18.5. The summed E-state index contributed by atoms with van der Waals surface area (Å²) in [7, 11) is 0. The lowest BCUT2D eigenvalue weighted by Gasteiger charge is -2.27. The summed E-state index contributed by atoms with van der Waals surface area (Å²) in [5.41, 5.74) is 7.08. The summed E-state index contributed by atoms with van der Waals surface area (Å²) in [5, 5.41) is 0. The number of nitrogens with one attached hydrogen (secondary N) is 2. The zero-order valence-electron chi connectivity index (χ0n) is 18.5. The lowest BCUT2D eigenvalue weighted by molar-refractivity contribution is -0.127. The van der Waals surface area contributed by atoms with Crippen LogP contribution in [-0.4, -0.2) is 11.8 Å². The van der Waals surface area contributed by atoms with Crippen molar-refractivity contribution in [3.63, 3.8) is 0 Å². The highest BCUT2D eigenvalue weighted by atomic mass is 16.2. The number of carbonyl (C=O) groups excluding carboxylic acids is 2. The zero-order chi connectivity index (χ0) is 20.9. The summed E-state index contributed by atoms with van der Waals surface area (Å²) in [4.78, 5) is 24.7. The maximum Gasteiger partial charge on any atom is 0.269 e. The highest BCUT2D eigenvalue weighted by Crippen LogP contribution is 2.31. The van der Waals surface area contributed by atoms with Crippen LogP contribution in [0.5, 0.6) is 0 Å². The second kappa shape index (κ2) is 13.4. The Morgan fingerprint density at radius 3 is 2.14 bits per heavy atom. The molecule has 0 atom stereocenters. The highest BCUT2D eigenvalue weighted by molar-refractivity contribution is 5.95. The Balaban J connectivity index is 1.67. The van der Waals surface area contributed by atoms with Crippen LogP contribution in [0.2, 0.25) is 0 Å². The fraction of sp³-hybridized carbons (Fsp3) is 0.680. The molecule has 1 aromatic carbocycles. The van der Waals surface area contributed by atoms with E-state index in [1.165, 1.54) is 56.9 Å². The summed E-state index contributed by atoms with van der Waals surface area (Å²) < 4.78 is 0. The summed E-state index contributed by atoms with van der Waals surface area (Å²) in [5.74, 6) is 0.516. The van der Waals surface area contributed by atoms with E-state index in [4.69, 9.17) is 0 Å². The van der Waals surface area contributed by atoms with Crippen LogP contribution in [0.1, 0.15) is 107 Å². The normalized spacial score (nSPS) is 19.0. The molecule has 0 saturated heterocycles. The van der Waals surface area contributed by atoms with Gasteiger partial charge in [0.15, 0.2) is 0 Å². The number of hydrogen-bond acceptors (Lipinski definition) is 2. The molecule has 1 aliphatic carbocycles. The van der Waals surface area contributed by atoms with Crippen LogP contribution in [0.3, 0.4) is 0 Å². The summed E-state index contributed by atoms with van der Waals surface area (Å²) in [6, 6.07) is 7.74. The average molecular weight is 401 g/mol. The first-order valence-corrected chi connectivity index (χ1v) is 11.8. The van der Waals surface area contributed by atoms with Gasteiger partial charge < -0.3 is 0 Å². The van der Waals surface area contributed by atoms with Crippen LogP contribution in [0.4, 0.5) is 0 Å². The molecule has 0 spiro atoms. The average Bonchev–Trinajstić information content (AvgIpc) is 2.76. The van der Waals surface area contributed by atoms with Crippen LogP contribution in [-0.2, 0) is 11.2 Å². The van der Waals surface area contributed by atoms with E-state index in [0.29, 0.717) is 5.56 Å². The topological polar surface area (TPSA) is 58.2 Å². The molecule has 1 aromatic rings. The molecule has 1 fully saturated rings. The first-order valence-electron chi connectivity index (χ1n) is 11.8. The number of hydrogen-bond donors (Lipinski definition) is 2. The van der Waals surface area contributed by atoms with Crippen molar-refractivity contribution >= 4 is 11.8 Å². The van der Waals surface area contributed by atoms with Crippen molar-refractivity contribution in [2.75, 3.05) is 0 Å². The van der Waals surface area contributed by atoms with E-state index >= 15 is 0 Å².